The summed E-state index contributed by atoms with van der Waals surface area (Å²) in [6, 6.07) is 21.3. The Hall–Kier alpha value is -0.939. The van der Waals surface area contributed by atoms with Gasteiger partial charge in [0.05, 0.1) is 20.1 Å². The number of rotatable bonds is 32. The molecule has 0 amide bonds. The number of thiazole rings is 2. The number of thiophene rings is 6. The van der Waals surface area contributed by atoms with Crippen molar-refractivity contribution in [3.8, 4) is 49.0 Å². The standard InChI is InChI=1S/C60H80N2S8Si2.C6H17PSi/c1-7-11-15-19-23-27-31-71(32-28-24-20-16-12-8-2)49-36-42(6)64-53(49)54-51(71)39-47(67-54)57-61-59-60(69-57)62-58(70-59)48-40-52-56(68-48)55-50(38-46(66-55)45-37-44-43(65-45)35-41(5)63-44)72(52,33-29-25-21-17-13-9-3)34-30-26-22-18-14-10-4;1-6(2,3)8(4,5)7/h35-40H,7-34H2,1-6H3;7H2,1-5H3/i;7T2. The summed E-state index contributed by atoms with van der Waals surface area (Å²) < 4.78 is 17.8. The van der Waals surface area contributed by atoms with Gasteiger partial charge in [0.25, 0.3) is 0 Å². The van der Waals surface area contributed by atoms with E-state index in [2.05, 4.69) is 157 Å². The first-order chi connectivity index (χ1) is 39.5. The molecule has 0 aliphatic carbocycles. The lowest BCUT2D eigenvalue weighted by molar-refractivity contribution is 0.616. The fourth-order valence-corrected chi connectivity index (χ4v) is 35.8. The van der Waals surface area contributed by atoms with E-state index in [1.807, 2.05) is 45.3 Å². The van der Waals surface area contributed by atoms with Gasteiger partial charge in [0.2, 0.25) is 0 Å². The molecule has 80 heavy (non-hydrogen) atoms. The summed E-state index contributed by atoms with van der Waals surface area (Å²) in [5.41, 5.74) is 0. The van der Waals surface area contributed by atoms with Crippen LogP contribution < -0.4 is 20.7 Å². The second-order valence-electron chi connectivity index (χ2n) is 25.5. The van der Waals surface area contributed by atoms with Gasteiger partial charge in [0.1, 0.15) is 26.2 Å². The molecule has 0 radical (unpaired) electrons. The SMILES string of the molecule is CCCCCCCC[Si]1(CCCCCCCC)c2cc(C)sc2-c2sc(-c3nc4sc(-c5cc6c(s5)-c5sc(-c7cc8sc(C)cc8s7)cc5[Si]6(CCCCCCCC)CCCCCCCC)nc4s3)cc21.[3H]P([3H])[Si](C)(C)C(C)(C)C. The van der Waals surface area contributed by atoms with E-state index in [0.717, 1.165) is 9.66 Å². The van der Waals surface area contributed by atoms with E-state index < -0.39 is 32.6 Å². The Kier molecular flexibility index (Phi) is 21.8. The van der Waals surface area contributed by atoms with Gasteiger partial charge in [0.15, 0.2) is 9.66 Å². The van der Waals surface area contributed by atoms with Gasteiger partial charge in [-0.3, -0.25) is 0 Å². The molecule has 10 rings (SSSR count). The number of unbranched alkanes of at least 4 members (excludes halogenated alkanes) is 20. The van der Waals surface area contributed by atoms with Crippen LogP contribution in [0.3, 0.4) is 0 Å². The Morgan fingerprint density at radius 1 is 0.412 bits per heavy atom. The molecule has 14 heteroatoms. The van der Waals surface area contributed by atoms with Crippen LogP contribution in [0.25, 0.3) is 68.1 Å². The Balaban J connectivity index is 0.000000740. The molecule has 2 nitrogen and oxygen atoms in total. The molecule has 0 fully saturated rings. The molecule has 8 aromatic rings. The number of nitrogens with zero attached hydrogens (tertiary/aromatic N) is 2. The van der Waals surface area contributed by atoms with Crippen LogP contribution >= 0.6 is 99.4 Å². The molecule has 0 atom stereocenters. The fourth-order valence-electron chi connectivity index (χ4n) is 12.5. The summed E-state index contributed by atoms with van der Waals surface area (Å²) >= 11 is 16.0. The maximum absolute atomic E-state index is 7.43. The highest BCUT2D eigenvalue weighted by Gasteiger charge is 2.49. The molecule has 8 aromatic heterocycles. The van der Waals surface area contributed by atoms with Crippen molar-refractivity contribution >= 4 is 163 Å². The average Bonchev–Trinajstić information content (AvgIpc) is 1.86. The molecule has 10 heterocycles. The molecule has 0 saturated carbocycles. The Bertz CT molecular complexity index is 3210. The highest BCUT2D eigenvalue weighted by atomic mass is 32.1. The maximum atomic E-state index is 7.43. The lowest BCUT2D eigenvalue weighted by Gasteiger charge is -2.32. The van der Waals surface area contributed by atoms with E-state index in [9.17, 15) is 0 Å². The minimum absolute atomic E-state index is 0.211. The van der Waals surface area contributed by atoms with Gasteiger partial charge < -0.3 is 0 Å². The fraction of sp³-hybridized carbons (Fsp3) is 0.606. The third kappa shape index (κ3) is 14.4. The topological polar surface area (TPSA) is 25.8 Å². The zero-order valence-electron chi connectivity index (χ0n) is 52.9. The Labute approximate surface area is 524 Å². The second-order valence-corrected chi connectivity index (χ2v) is 50.7. The molecule has 0 bridgehead atoms. The quantitative estimate of drug-likeness (QED) is 0.0239. The van der Waals surface area contributed by atoms with Crippen LogP contribution in [0, 0.1) is 13.8 Å². The van der Waals surface area contributed by atoms with Gasteiger partial charge in [-0.2, -0.15) is 0 Å². The smallest absolute Gasteiger partial charge is 0.155 e. The molecule has 0 saturated heterocycles. The highest BCUT2D eigenvalue weighted by molar-refractivity contribution is 7.69. The normalized spacial score (nSPS) is 14.8. The van der Waals surface area contributed by atoms with E-state index in [-0.39, 0.29) is 5.04 Å². The summed E-state index contributed by atoms with van der Waals surface area (Å²) in [6.45, 7) is 24.7. The third-order valence-corrected chi connectivity index (χ3v) is 44.7. The number of hydrogen-bond donors (Lipinski definition) is 0. The van der Waals surface area contributed by atoms with Crippen molar-refractivity contribution in [1.82, 2.24) is 9.97 Å². The summed E-state index contributed by atoms with van der Waals surface area (Å²) in [5.74, 6) is 0. The van der Waals surface area contributed by atoms with E-state index in [4.69, 9.17) is 12.5 Å². The molecule has 0 aromatic carbocycles. The van der Waals surface area contributed by atoms with Crippen LogP contribution in [0.4, 0.5) is 0 Å². The van der Waals surface area contributed by atoms with Crippen molar-refractivity contribution < 1.29 is 0 Å². The predicted molar refractivity (Wildman–Crippen MR) is 386 cm³/mol. The largest absolute Gasteiger partial charge is 0.222 e. The first-order valence-corrected chi connectivity index (χ1v) is 47.2. The van der Waals surface area contributed by atoms with Gasteiger partial charge in [-0.1, -0.05) is 238 Å². The van der Waals surface area contributed by atoms with Crippen LogP contribution in [0.1, 0.15) is 212 Å². The van der Waals surface area contributed by atoms with Crippen molar-refractivity contribution in [2.24, 2.45) is 0 Å². The van der Waals surface area contributed by atoms with Crippen molar-refractivity contribution in [1.29, 1.82) is 2.56 Å². The molecular weight excluding hydrogens is 1190 g/mol. The molecule has 436 valence electrons. The molecule has 0 unspecified atom stereocenters. The molecule has 2 aliphatic heterocycles. The number of hydrogen-bond acceptors (Lipinski definition) is 10. The van der Waals surface area contributed by atoms with Gasteiger partial charge in [-0.15, -0.1) is 76.7 Å². The van der Waals surface area contributed by atoms with Gasteiger partial charge in [-0.05, 0) is 100 Å². The average molecular weight is 1290 g/mol. The van der Waals surface area contributed by atoms with Crippen LogP contribution in [0.5, 0.6) is 0 Å². The predicted octanol–water partition coefficient (Wildman–Crippen LogP) is 24.3. The highest BCUT2D eigenvalue weighted by Crippen LogP contribution is 2.51. The van der Waals surface area contributed by atoms with E-state index in [1.165, 1.54) is 227 Å². The first-order valence-electron chi connectivity index (χ1n) is 32.5. The minimum Gasteiger partial charge on any atom is -0.222 e. The third-order valence-electron chi connectivity index (χ3n) is 18.2. The van der Waals surface area contributed by atoms with E-state index >= 15 is 0 Å². The van der Waals surface area contributed by atoms with Crippen molar-refractivity contribution in [3.05, 3.63) is 46.2 Å². The second kappa shape index (κ2) is 28.7. The maximum Gasteiger partial charge on any atom is 0.155 e. The van der Waals surface area contributed by atoms with Crippen molar-refractivity contribution in [3.63, 3.8) is 0 Å². The van der Waals surface area contributed by atoms with Crippen LogP contribution in [0.2, 0.25) is 42.3 Å². The zero-order valence-corrected chi connectivity index (χ0v) is 61.3. The lowest BCUT2D eigenvalue weighted by Crippen LogP contribution is -2.54. The Morgan fingerprint density at radius 3 is 1.14 bits per heavy atom. The molecule has 2 aliphatic rings. The monoisotopic (exact) mass is 1290 g/mol. The van der Waals surface area contributed by atoms with Crippen molar-refractivity contribution in [2.45, 2.75) is 259 Å². The van der Waals surface area contributed by atoms with Crippen LogP contribution in [-0.2, 0) is 0 Å². The van der Waals surface area contributed by atoms with Gasteiger partial charge >= 0.3 is 0 Å². The van der Waals surface area contributed by atoms with Gasteiger partial charge in [0, 0.05) is 48.4 Å². The summed E-state index contributed by atoms with van der Waals surface area (Å²) in [5, 5.41) is 9.72. The number of aromatic nitrogens is 2. The molecule has 0 N–H and O–H groups in total. The van der Waals surface area contributed by atoms with Crippen LogP contribution in [-0.4, -0.2) is 36.4 Å². The van der Waals surface area contributed by atoms with E-state index in [1.54, 1.807) is 40.3 Å². The zero-order chi connectivity index (χ0) is 58.2. The first kappa shape index (κ1) is 60.7. The van der Waals surface area contributed by atoms with E-state index in [0.29, 0.717) is 0 Å². The summed E-state index contributed by atoms with van der Waals surface area (Å²) in [7, 11) is -6.68. The minimum atomic E-state index is -2.02. The summed E-state index contributed by atoms with van der Waals surface area (Å²) in [4.78, 5) is 28.5. The number of fused-ring (bicyclic) bond motifs is 8. The van der Waals surface area contributed by atoms with Crippen molar-refractivity contribution in [2.75, 3.05) is 0 Å². The lowest BCUT2D eigenvalue weighted by atomic mass is 10.1. The molecule has 0 spiro atoms. The van der Waals surface area contributed by atoms with Crippen LogP contribution in [0.15, 0.2) is 36.4 Å². The van der Waals surface area contributed by atoms with Gasteiger partial charge in [-0.25, -0.2) is 9.97 Å². The Morgan fingerprint density at radius 2 is 0.750 bits per heavy atom. The summed E-state index contributed by atoms with van der Waals surface area (Å²) in [6.07, 6.45) is 33.0. The number of aryl methyl sites for hydroxylation is 2. The molecular formula is C66H97N2PS8Si3.